The van der Waals surface area contributed by atoms with Gasteiger partial charge < -0.3 is 19.7 Å². The Bertz CT molecular complexity index is 555. The minimum Gasteiger partial charge on any atom is -0.493 e. The quantitative estimate of drug-likeness (QED) is 0.364. The highest BCUT2D eigenvalue weighted by Crippen LogP contribution is 2.39. The van der Waals surface area contributed by atoms with Gasteiger partial charge in [0.1, 0.15) is 0 Å². The molecule has 0 heterocycles. The summed E-state index contributed by atoms with van der Waals surface area (Å²) in [6.07, 6.45) is -1.86. The average Bonchev–Trinajstić information content (AvgIpc) is 2.56. The number of nitrogens with zero attached hydrogens (tertiary/aromatic N) is 1. The number of rotatable bonds is 10. The van der Waals surface area contributed by atoms with E-state index in [1.165, 1.54) is 26.4 Å². The topological polar surface area (TPSA) is 102 Å². The van der Waals surface area contributed by atoms with Gasteiger partial charge in [-0.05, 0) is 5.25 Å². The van der Waals surface area contributed by atoms with Crippen molar-refractivity contribution in [2.45, 2.75) is 36.2 Å². The number of hydrogen-bond acceptors (Lipinski definition) is 8. The molecule has 0 bridgehead atoms. The molecule has 2 atom stereocenters. The molecule has 1 aromatic rings. The van der Waals surface area contributed by atoms with Crippen molar-refractivity contribution in [2.24, 2.45) is 0 Å². The van der Waals surface area contributed by atoms with Crippen LogP contribution in [0, 0.1) is 10.1 Å². The number of aliphatic hydroxyl groups is 2. The molecule has 0 aliphatic heterocycles. The van der Waals surface area contributed by atoms with Crippen molar-refractivity contribution in [3.63, 3.8) is 0 Å². The van der Waals surface area contributed by atoms with E-state index in [-0.39, 0.29) is 17.2 Å². The highest BCUT2D eigenvalue weighted by Gasteiger charge is 2.23. The predicted octanol–water partition coefficient (Wildman–Crippen LogP) is 2.57. The zero-order valence-corrected chi connectivity index (χ0v) is 15.7. The second-order valence-corrected chi connectivity index (χ2v) is 7.93. The van der Waals surface area contributed by atoms with Crippen molar-refractivity contribution in [3.05, 3.63) is 22.2 Å². The second-order valence-electron chi connectivity index (χ2n) is 5.26. The van der Waals surface area contributed by atoms with Crippen molar-refractivity contribution >= 4 is 29.2 Å². The van der Waals surface area contributed by atoms with Crippen LogP contribution in [0.5, 0.6) is 11.5 Å². The fourth-order valence-electron chi connectivity index (χ4n) is 1.80. The highest BCUT2D eigenvalue weighted by molar-refractivity contribution is 8.00. The van der Waals surface area contributed by atoms with E-state index in [0.29, 0.717) is 21.6 Å². The monoisotopic (exact) mass is 377 g/mol. The zero-order valence-electron chi connectivity index (χ0n) is 14.1. The van der Waals surface area contributed by atoms with Crippen LogP contribution in [0.3, 0.4) is 0 Å². The van der Waals surface area contributed by atoms with E-state index >= 15 is 0 Å². The smallest absolute Gasteiger partial charge is 0.286 e. The molecule has 24 heavy (non-hydrogen) atoms. The lowest BCUT2D eigenvalue weighted by Gasteiger charge is -2.18. The van der Waals surface area contributed by atoms with Gasteiger partial charge in [-0.3, -0.25) is 10.1 Å². The molecule has 0 amide bonds. The van der Waals surface area contributed by atoms with Gasteiger partial charge in [0.2, 0.25) is 0 Å². The molecular formula is C15H23NO6S2. The summed E-state index contributed by atoms with van der Waals surface area (Å²) in [5.41, 5.74) is -0.129. The summed E-state index contributed by atoms with van der Waals surface area (Å²) in [7, 11) is 2.85. The van der Waals surface area contributed by atoms with Gasteiger partial charge in [-0.25, -0.2) is 0 Å². The van der Waals surface area contributed by atoms with Crippen LogP contribution in [0.1, 0.15) is 13.8 Å². The molecule has 0 spiro atoms. The lowest BCUT2D eigenvalue weighted by atomic mass is 10.2. The average molecular weight is 377 g/mol. The van der Waals surface area contributed by atoms with E-state index in [4.69, 9.17) is 9.47 Å². The first-order valence-electron chi connectivity index (χ1n) is 7.31. The lowest BCUT2D eigenvalue weighted by molar-refractivity contribution is -0.387. The molecule has 0 radical (unpaired) electrons. The summed E-state index contributed by atoms with van der Waals surface area (Å²) in [4.78, 5) is 11.1. The van der Waals surface area contributed by atoms with Crippen molar-refractivity contribution in [2.75, 3.05) is 25.7 Å². The standard InChI is InChI=1S/C15H23NO6S2/c1-9(2)23-7-11(17)12(18)8-24-15-6-14(22-4)13(21-3)5-10(15)16(19)20/h5-6,9,11-12,17-18H,7-8H2,1-4H3. The Morgan fingerprint density at radius 2 is 1.67 bits per heavy atom. The first kappa shape index (κ1) is 20.9. The van der Waals surface area contributed by atoms with Gasteiger partial charge in [0.15, 0.2) is 11.5 Å². The fraction of sp³-hybridized carbons (Fsp3) is 0.600. The number of thioether (sulfide) groups is 2. The lowest BCUT2D eigenvalue weighted by Crippen LogP contribution is -2.30. The van der Waals surface area contributed by atoms with Crippen LogP contribution < -0.4 is 9.47 Å². The zero-order chi connectivity index (χ0) is 18.3. The third kappa shape index (κ3) is 6.04. The number of ether oxygens (including phenoxy) is 2. The van der Waals surface area contributed by atoms with Crippen LogP contribution in [0.4, 0.5) is 5.69 Å². The minimum absolute atomic E-state index is 0.129. The number of hydrogen-bond donors (Lipinski definition) is 2. The third-order valence-electron chi connectivity index (χ3n) is 3.12. The maximum Gasteiger partial charge on any atom is 0.286 e. The van der Waals surface area contributed by atoms with E-state index in [9.17, 15) is 20.3 Å². The highest BCUT2D eigenvalue weighted by atomic mass is 32.2. The molecule has 2 unspecified atom stereocenters. The van der Waals surface area contributed by atoms with Crippen LogP contribution in [-0.4, -0.2) is 58.3 Å². The summed E-state index contributed by atoms with van der Waals surface area (Å²) in [6.45, 7) is 4.01. The predicted molar refractivity (Wildman–Crippen MR) is 96.5 cm³/mol. The maximum absolute atomic E-state index is 11.2. The van der Waals surface area contributed by atoms with E-state index in [1.54, 1.807) is 11.8 Å². The van der Waals surface area contributed by atoms with Crippen molar-refractivity contribution in [1.29, 1.82) is 0 Å². The van der Waals surface area contributed by atoms with Crippen LogP contribution in [0.2, 0.25) is 0 Å². The Balaban J connectivity index is 2.84. The second kappa shape index (κ2) is 9.97. The van der Waals surface area contributed by atoms with Crippen molar-refractivity contribution in [1.82, 2.24) is 0 Å². The third-order valence-corrected chi connectivity index (χ3v) is 5.46. The van der Waals surface area contributed by atoms with E-state index < -0.39 is 17.1 Å². The van der Waals surface area contributed by atoms with Gasteiger partial charge in [-0.15, -0.1) is 11.8 Å². The first-order chi connectivity index (χ1) is 11.3. The minimum atomic E-state index is -0.978. The molecule has 0 saturated heterocycles. The number of methoxy groups -OCH3 is 2. The molecule has 1 rings (SSSR count). The molecule has 0 aliphatic carbocycles. The molecule has 0 saturated carbocycles. The van der Waals surface area contributed by atoms with Gasteiger partial charge in [0, 0.05) is 17.6 Å². The van der Waals surface area contributed by atoms with E-state index in [0.717, 1.165) is 11.8 Å². The molecule has 7 nitrogen and oxygen atoms in total. The molecular weight excluding hydrogens is 354 g/mol. The Morgan fingerprint density at radius 1 is 1.12 bits per heavy atom. The summed E-state index contributed by atoms with van der Waals surface area (Å²) >= 11 is 2.64. The van der Waals surface area contributed by atoms with Gasteiger partial charge in [0.25, 0.3) is 5.69 Å². The van der Waals surface area contributed by atoms with Crippen molar-refractivity contribution in [3.8, 4) is 11.5 Å². The molecule has 2 N–H and O–H groups in total. The number of nitro benzene ring substituents is 1. The molecule has 136 valence electrons. The largest absolute Gasteiger partial charge is 0.493 e. The van der Waals surface area contributed by atoms with Crippen molar-refractivity contribution < 1.29 is 24.6 Å². The first-order valence-corrected chi connectivity index (χ1v) is 9.34. The molecule has 0 aromatic heterocycles. The summed E-state index contributed by atoms with van der Waals surface area (Å²) < 4.78 is 10.2. The SMILES string of the molecule is COc1cc(SCC(O)C(O)CSC(C)C)c([N+](=O)[O-])cc1OC. The normalized spacial score (nSPS) is 13.6. The van der Waals surface area contributed by atoms with Gasteiger partial charge in [-0.2, -0.15) is 11.8 Å². The van der Waals surface area contributed by atoms with Crippen LogP contribution in [0.25, 0.3) is 0 Å². The summed E-state index contributed by atoms with van der Waals surface area (Å²) in [5, 5.41) is 31.6. The number of aliphatic hydroxyl groups excluding tert-OH is 2. The van der Waals surface area contributed by atoms with Gasteiger partial charge in [0.05, 0.1) is 42.3 Å². The molecule has 9 heteroatoms. The molecule has 1 aromatic carbocycles. The molecule has 0 aliphatic rings. The van der Waals surface area contributed by atoms with E-state index in [2.05, 4.69) is 0 Å². The van der Waals surface area contributed by atoms with Crippen LogP contribution in [-0.2, 0) is 0 Å². The maximum atomic E-state index is 11.2. The Morgan fingerprint density at radius 3 is 2.17 bits per heavy atom. The van der Waals surface area contributed by atoms with Crippen LogP contribution in [0.15, 0.2) is 17.0 Å². The Labute approximate surface area is 149 Å². The fourth-order valence-corrected chi connectivity index (χ4v) is 3.64. The summed E-state index contributed by atoms with van der Waals surface area (Å²) in [6, 6.07) is 2.79. The Kier molecular flexibility index (Phi) is 8.68. The number of nitro groups is 1. The Hall–Kier alpha value is -1.16. The van der Waals surface area contributed by atoms with E-state index in [1.807, 2.05) is 13.8 Å². The molecule has 0 fully saturated rings. The van der Waals surface area contributed by atoms with Gasteiger partial charge in [-0.1, -0.05) is 13.8 Å². The number of benzene rings is 1. The summed E-state index contributed by atoms with van der Waals surface area (Å²) in [5.74, 6) is 1.18. The van der Waals surface area contributed by atoms with Gasteiger partial charge >= 0.3 is 0 Å². The van der Waals surface area contributed by atoms with Crippen LogP contribution >= 0.6 is 23.5 Å².